The number of aromatic nitrogens is 2. The molecule has 1 atom stereocenters. The maximum Gasteiger partial charge on any atom is 0.303 e. The van der Waals surface area contributed by atoms with Crippen molar-refractivity contribution < 1.29 is 19.1 Å². The molecule has 38 heavy (non-hydrogen) atoms. The zero-order valence-electron chi connectivity index (χ0n) is 24.1. The number of unbranched alkanes of at least 4 members (excludes halogenated alkanes) is 2. The number of H-pyrrole nitrogens is 1. The lowest BCUT2D eigenvalue weighted by Gasteiger charge is -2.26. The van der Waals surface area contributed by atoms with E-state index in [0.717, 1.165) is 44.5 Å². The quantitative estimate of drug-likeness (QED) is 0.331. The molecule has 0 spiro atoms. The van der Waals surface area contributed by atoms with Crippen molar-refractivity contribution in [1.29, 1.82) is 0 Å². The number of nitrogens with one attached hydrogen (secondary N) is 1. The van der Waals surface area contributed by atoms with Gasteiger partial charge in [-0.25, -0.2) is 5.10 Å². The molecule has 1 heterocycles. The number of nitrogens with two attached hydrogens (primary N) is 1. The smallest absolute Gasteiger partial charge is 0.303 e. The predicted octanol–water partition coefficient (Wildman–Crippen LogP) is 4.88. The van der Waals surface area contributed by atoms with Gasteiger partial charge in [0.2, 0.25) is 0 Å². The topological polar surface area (TPSA) is 128 Å². The van der Waals surface area contributed by atoms with Gasteiger partial charge in [-0.05, 0) is 64.8 Å². The molecule has 0 aliphatic heterocycles. The van der Waals surface area contributed by atoms with Gasteiger partial charge in [0, 0.05) is 49.3 Å². The summed E-state index contributed by atoms with van der Waals surface area (Å²) in [6.45, 7) is 14.9. The Balaban J connectivity index is 0.00000132. The van der Waals surface area contributed by atoms with Crippen LogP contribution in [0.5, 0.6) is 5.75 Å². The maximum atomic E-state index is 11.6. The molecule has 0 bridgehead atoms. The second kappa shape index (κ2) is 16.6. The minimum absolute atomic E-state index is 0. The molecule has 0 saturated carbocycles. The van der Waals surface area contributed by atoms with E-state index in [0.29, 0.717) is 17.0 Å². The summed E-state index contributed by atoms with van der Waals surface area (Å²) in [6.07, 6.45) is 3.78. The third kappa shape index (κ3) is 13.9. The van der Waals surface area contributed by atoms with Gasteiger partial charge in [-0.2, -0.15) is 5.10 Å². The fourth-order valence-corrected chi connectivity index (χ4v) is 3.48. The fourth-order valence-electron chi connectivity index (χ4n) is 3.48. The second-order valence-electron chi connectivity index (χ2n) is 10.5. The number of Topliss-reactive ketones (excluding diaryl/α,β-unsaturated/α-hetero) is 1. The summed E-state index contributed by atoms with van der Waals surface area (Å²) < 4.78 is 11.2. The van der Waals surface area contributed by atoms with Crippen LogP contribution in [0, 0.1) is 0 Å². The first-order chi connectivity index (χ1) is 17.8. The summed E-state index contributed by atoms with van der Waals surface area (Å²) in [5.41, 5.74) is 7.39. The van der Waals surface area contributed by atoms with Crippen molar-refractivity contribution in [3.05, 3.63) is 40.7 Å². The zero-order valence-corrected chi connectivity index (χ0v) is 24.1. The average Bonchev–Trinajstić information content (AvgIpc) is 2.81. The Bertz CT molecular complexity index is 1010. The SMILES string of the molecule is CC(C)(C)N.CCCCN(CCCC)c1ccc(OCC(CC(C)=O)OC(C)=O)c(-c2ccc(=O)[nH]n2)c1. The molecule has 2 rings (SSSR count). The van der Waals surface area contributed by atoms with Crippen molar-refractivity contribution in [3.63, 3.8) is 0 Å². The summed E-state index contributed by atoms with van der Waals surface area (Å²) >= 11 is 0. The largest absolute Gasteiger partial charge is 0.489 e. The Hall–Kier alpha value is -3.20. The van der Waals surface area contributed by atoms with Gasteiger partial charge in [-0.3, -0.25) is 14.4 Å². The first-order valence-corrected chi connectivity index (χ1v) is 13.4. The predicted molar refractivity (Wildman–Crippen MR) is 153 cm³/mol. The fraction of sp³-hybridized carbons (Fsp3) is 0.586. The van der Waals surface area contributed by atoms with Crippen LogP contribution < -0.4 is 20.9 Å². The van der Waals surface area contributed by atoms with Crippen LogP contribution in [-0.4, -0.2) is 53.3 Å². The van der Waals surface area contributed by atoms with E-state index in [9.17, 15) is 14.4 Å². The average molecular weight is 531 g/mol. The van der Waals surface area contributed by atoms with Gasteiger partial charge in [0.25, 0.3) is 5.56 Å². The number of anilines is 1. The number of nitrogens with zero attached hydrogens (tertiary/aromatic N) is 2. The van der Waals surface area contributed by atoms with Crippen LogP contribution in [0.4, 0.5) is 5.69 Å². The number of carbonyl (C=O) groups excluding carboxylic acids is 2. The van der Waals surface area contributed by atoms with Crippen LogP contribution >= 0.6 is 0 Å². The number of rotatable bonds is 14. The van der Waals surface area contributed by atoms with Crippen molar-refractivity contribution in [2.24, 2.45) is 5.73 Å². The molecule has 0 saturated heterocycles. The van der Waals surface area contributed by atoms with Crippen molar-refractivity contribution in [3.8, 4) is 17.0 Å². The van der Waals surface area contributed by atoms with Gasteiger partial charge in [0.15, 0.2) is 0 Å². The molecule has 0 radical (unpaired) electrons. The summed E-state index contributed by atoms with van der Waals surface area (Å²) in [6, 6.07) is 8.93. The maximum absolute atomic E-state index is 11.6. The van der Waals surface area contributed by atoms with Gasteiger partial charge in [-0.15, -0.1) is 0 Å². The Morgan fingerprint density at radius 2 is 1.66 bits per heavy atom. The monoisotopic (exact) mass is 530 g/mol. The van der Waals surface area contributed by atoms with E-state index < -0.39 is 12.1 Å². The van der Waals surface area contributed by atoms with Crippen LogP contribution in [0.2, 0.25) is 0 Å². The molecule has 9 heteroatoms. The Morgan fingerprint density at radius 3 is 2.13 bits per heavy atom. The molecule has 2 aromatic rings. The molecule has 0 aliphatic rings. The van der Waals surface area contributed by atoms with E-state index >= 15 is 0 Å². The lowest BCUT2D eigenvalue weighted by molar-refractivity contribution is -0.149. The number of aromatic amines is 1. The van der Waals surface area contributed by atoms with Crippen molar-refractivity contribution in [1.82, 2.24) is 10.2 Å². The van der Waals surface area contributed by atoms with E-state index in [-0.39, 0.29) is 29.9 Å². The van der Waals surface area contributed by atoms with Crippen LogP contribution in [0.1, 0.15) is 80.6 Å². The molecule has 212 valence electrons. The minimum atomic E-state index is -0.679. The standard InChI is InChI=1S/C25H35N3O5.C4H11N/c1-5-7-13-28(14-8-6-2)20-9-11-24(22(16-20)23-10-12-25(31)27-26-23)32-17-21(15-18(3)29)33-19(4)30;1-4(2,3)5/h9-12,16,21H,5-8,13-15,17H2,1-4H3,(H,27,31);5H2,1-3H3. The summed E-state index contributed by atoms with van der Waals surface area (Å²) in [7, 11) is 0. The molecule has 3 N–H and O–H groups in total. The number of esters is 1. The third-order valence-corrected chi connectivity index (χ3v) is 5.12. The normalized spacial score (nSPS) is 11.7. The number of ether oxygens (including phenoxy) is 2. The Morgan fingerprint density at radius 1 is 1.05 bits per heavy atom. The lowest BCUT2D eigenvalue weighted by atomic mass is 10.1. The molecule has 9 nitrogen and oxygen atoms in total. The van der Waals surface area contributed by atoms with Gasteiger partial charge in [0.05, 0.1) is 5.69 Å². The van der Waals surface area contributed by atoms with Crippen molar-refractivity contribution in [2.75, 3.05) is 24.6 Å². The van der Waals surface area contributed by atoms with Crippen LogP contribution in [0.15, 0.2) is 35.1 Å². The summed E-state index contributed by atoms with van der Waals surface area (Å²) in [4.78, 5) is 36.9. The minimum Gasteiger partial charge on any atom is -0.489 e. The van der Waals surface area contributed by atoms with Gasteiger partial charge < -0.3 is 20.1 Å². The van der Waals surface area contributed by atoms with Crippen LogP contribution in [0.25, 0.3) is 11.3 Å². The lowest BCUT2D eigenvalue weighted by Crippen LogP contribution is -2.27. The van der Waals surface area contributed by atoms with Crippen LogP contribution in [0.3, 0.4) is 0 Å². The number of benzene rings is 1. The van der Waals surface area contributed by atoms with E-state index in [1.165, 1.54) is 19.9 Å². The highest BCUT2D eigenvalue weighted by molar-refractivity contribution is 5.76. The Labute approximate surface area is 227 Å². The molecular formula is C29H46N4O5. The van der Waals surface area contributed by atoms with Crippen molar-refractivity contribution in [2.45, 2.75) is 92.2 Å². The molecule has 1 aromatic heterocycles. The highest BCUT2D eigenvalue weighted by Gasteiger charge is 2.18. The zero-order chi connectivity index (χ0) is 28.7. The third-order valence-electron chi connectivity index (χ3n) is 5.12. The number of hydrogen-bond acceptors (Lipinski definition) is 8. The van der Waals surface area contributed by atoms with Gasteiger partial charge in [0.1, 0.15) is 24.2 Å². The molecule has 1 unspecified atom stereocenters. The van der Waals surface area contributed by atoms with E-state index in [4.69, 9.17) is 15.2 Å². The Kier molecular flexibility index (Phi) is 14.3. The first kappa shape index (κ1) is 32.8. The second-order valence-corrected chi connectivity index (χ2v) is 10.5. The van der Waals surface area contributed by atoms with E-state index in [1.807, 2.05) is 39.0 Å². The van der Waals surface area contributed by atoms with Crippen molar-refractivity contribution >= 4 is 17.4 Å². The molecular weight excluding hydrogens is 484 g/mol. The number of hydrogen-bond donors (Lipinski definition) is 2. The number of carbonyl (C=O) groups is 2. The summed E-state index contributed by atoms with van der Waals surface area (Å²) in [5.74, 6) is -0.0274. The molecule has 0 aliphatic carbocycles. The molecule has 0 fully saturated rings. The van der Waals surface area contributed by atoms with Crippen LogP contribution in [-0.2, 0) is 14.3 Å². The molecule has 0 amide bonds. The highest BCUT2D eigenvalue weighted by Crippen LogP contribution is 2.33. The highest BCUT2D eigenvalue weighted by atomic mass is 16.6. The van der Waals surface area contributed by atoms with E-state index in [2.05, 4.69) is 28.9 Å². The van der Waals surface area contributed by atoms with E-state index in [1.54, 1.807) is 6.07 Å². The van der Waals surface area contributed by atoms with Gasteiger partial charge in [-0.1, -0.05) is 26.7 Å². The number of ketones is 1. The molecule has 1 aromatic carbocycles. The summed E-state index contributed by atoms with van der Waals surface area (Å²) in [5, 5.41) is 6.65. The first-order valence-electron chi connectivity index (χ1n) is 13.4. The van der Waals surface area contributed by atoms with Gasteiger partial charge >= 0.3 is 5.97 Å².